The predicted octanol–water partition coefficient (Wildman–Crippen LogP) is 2.81. The number of nitrogens with zero attached hydrogens (tertiary/aromatic N) is 1. The average Bonchev–Trinajstić information content (AvgIpc) is 2.76. The minimum atomic E-state index is -0.317. The Morgan fingerprint density at radius 1 is 1.48 bits per heavy atom. The van der Waals surface area contributed by atoms with Crippen molar-refractivity contribution in [3.63, 3.8) is 0 Å². The number of nitrogens with one attached hydrogen (secondary N) is 1. The third-order valence-corrected chi connectivity index (χ3v) is 2.69. The topological polar surface area (TPSA) is 75.4 Å². The number of rotatable bonds is 6. The van der Waals surface area contributed by atoms with Crippen molar-refractivity contribution in [3.8, 4) is 0 Å². The van der Waals surface area contributed by atoms with Crippen LogP contribution in [0.2, 0.25) is 0 Å². The third kappa shape index (κ3) is 5.57. The Morgan fingerprint density at radius 2 is 2.19 bits per heavy atom. The SMILES string of the molecule is C\C(Cl)=C/C=C\C(C)=C\c1noc(C)c1C(=O)NCCO. The molecule has 5 nitrogen and oxygen atoms in total. The molecular weight excluding hydrogens is 292 g/mol. The highest BCUT2D eigenvalue weighted by Gasteiger charge is 2.18. The van der Waals surface area contributed by atoms with Crippen LogP contribution in [0.15, 0.2) is 33.4 Å². The summed E-state index contributed by atoms with van der Waals surface area (Å²) in [6, 6.07) is 0. The van der Waals surface area contributed by atoms with Crippen LogP contribution >= 0.6 is 11.6 Å². The van der Waals surface area contributed by atoms with Gasteiger partial charge < -0.3 is 14.9 Å². The average molecular weight is 311 g/mol. The summed E-state index contributed by atoms with van der Waals surface area (Å²) < 4.78 is 5.07. The highest BCUT2D eigenvalue weighted by Crippen LogP contribution is 2.17. The molecule has 1 rings (SSSR count). The molecular formula is C15H19ClN2O3. The molecule has 0 radical (unpaired) electrons. The summed E-state index contributed by atoms with van der Waals surface area (Å²) in [4.78, 5) is 12.0. The van der Waals surface area contributed by atoms with Crippen LogP contribution < -0.4 is 5.32 Å². The van der Waals surface area contributed by atoms with Crippen LogP contribution in [0.25, 0.3) is 6.08 Å². The zero-order chi connectivity index (χ0) is 15.8. The molecule has 1 amide bonds. The van der Waals surface area contributed by atoms with Crippen LogP contribution in [-0.4, -0.2) is 29.3 Å². The van der Waals surface area contributed by atoms with E-state index in [2.05, 4.69) is 10.5 Å². The number of aliphatic hydroxyl groups excluding tert-OH is 1. The zero-order valence-electron chi connectivity index (χ0n) is 12.3. The second-order valence-electron chi connectivity index (χ2n) is 4.48. The molecule has 114 valence electrons. The van der Waals surface area contributed by atoms with E-state index < -0.39 is 0 Å². The number of aromatic nitrogens is 1. The summed E-state index contributed by atoms with van der Waals surface area (Å²) in [5, 5.41) is 15.9. The molecule has 0 fully saturated rings. The van der Waals surface area contributed by atoms with E-state index in [0.29, 0.717) is 22.0 Å². The summed E-state index contributed by atoms with van der Waals surface area (Å²) >= 11 is 5.73. The van der Waals surface area contributed by atoms with E-state index in [-0.39, 0.29) is 19.1 Å². The van der Waals surface area contributed by atoms with Gasteiger partial charge in [-0.25, -0.2) is 0 Å². The minimum Gasteiger partial charge on any atom is -0.395 e. The van der Waals surface area contributed by atoms with Crippen LogP contribution in [-0.2, 0) is 0 Å². The first-order chi connectivity index (χ1) is 9.95. The molecule has 0 aliphatic rings. The molecule has 1 aromatic heterocycles. The maximum absolute atomic E-state index is 12.0. The van der Waals surface area contributed by atoms with Gasteiger partial charge in [0.2, 0.25) is 0 Å². The van der Waals surface area contributed by atoms with E-state index in [9.17, 15) is 4.79 Å². The fourth-order valence-corrected chi connectivity index (χ4v) is 1.69. The lowest BCUT2D eigenvalue weighted by Gasteiger charge is -2.02. The van der Waals surface area contributed by atoms with E-state index in [1.165, 1.54) is 0 Å². The third-order valence-electron chi connectivity index (χ3n) is 2.56. The fraction of sp³-hybridized carbons (Fsp3) is 0.333. The number of halogens is 1. The van der Waals surface area contributed by atoms with E-state index in [1.54, 1.807) is 26.0 Å². The fourth-order valence-electron chi connectivity index (χ4n) is 1.62. The Hall–Kier alpha value is -1.85. The smallest absolute Gasteiger partial charge is 0.257 e. The molecule has 0 saturated carbocycles. The summed E-state index contributed by atoms with van der Waals surface area (Å²) in [5.74, 6) is 0.118. The second kappa shape index (κ2) is 8.44. The van der Waals surface area contributed by atoms with Crippen molar-refractivity contribution in [2.24, 2.45) is 0 Å². The van der Waals surface area contributed by atoms with Gasteiger partial charge in [-0.2, -0.15) is 0 Å². The van der Waals surface area contributed by atoms with Gasteiger partial charge in [-0.1, -0.05) is 28.9 Å². The molecule has 1 heterocycles. The first kappa shape index (κ1) is 17.2. The molecule has 2 N–H and O–H groups in total. The summed E-state index contributed by atoms with van der Waals surface area (Å²) in [6.07, 6.45) is 7.18. The number of amides is 1. The van der Waals surface area contributed by atoms with Gasteiger partial charge in [-0.15, -0.1) is 0 Å². The number of aryl methyl sites for hydroxylation is 1. The number of hydrogen-bond donors (Lipinski definition) is 2. The number of carbonyl (C=O) groups is 1. The Morgan fingerprint density at radius 3 is 2.81 bits per heavy atom. The number of aliphatic hydroxyl groups is 1. The zero-order valence-corrected chi connectivity index (χ0v) is 13.1. The maximum Gasteiger partial charge on any atom is 0.257 e. The maximum atomic E-state index is 12.0. The van der Waals surface area contributed by atoms with Crippen LogP contribution in [0.1, 0.15) is 35.7 Å². The lowest BCUT2D eigenvalue weighted by Crippen LogP contribution is -2.27. The molecule has 1 aromatic rings. The quantitative estimate of drug-likeness (QED) is 0.792. The Kier molecular flexibility index (Phi) is 6.91. The molecule has 0 saturated heterocycles. The van der Waals surface area contributed by atoms with Gasteiger partial charge in [0.25, 0.3) is 5.91 Å². The van der Waals surface area contributed by atoms with Crippen molar-refractivity contribution in [1.29, 1.82) is 0 Å². The molecule has 0 aromatic carbocycles. The summed E-state index contributed by atoms with van der Waals surface area (Å²) in [5.41, 5.74) is 1.73. The van der Waals surface area contributed by atoms with Crippen molar-refractivity contribution < 1.29 is 14.4 Å². The Balaban J connectivity index is 2.96. The molecule has 21 heavy (non-hydrogen) atoms. The number of allylic oxidation sites excluding steroid dienone is 5. The normalized spacial score (nSPS) is 13.0. The molecule has 0 aliphatic carbocycles. The van der Waals surface area contributed by atoms with Crippen molar-refractivity contribution in [2.75, 3.05) is 13.2 Å². The molecule has 0 aliphatic heterocycles. The molecule has 0 unspecified atom stereocenters. The van der Waals surface area contributed by atoms with Crippen LogP contribution in [0.5, 0.6) is 0 Å². The van der Waals surface area contributed by atoms with E-state index in [0.717, 1.165) is 5.57 Å². The minimum absolute atomic E-state index is 0.118. The Labute approximate surface area is 129 Å². The standard InChI is InChI=1S/C15H19ClN2O3/c1-10(5-4-6-11(2)16)9-13-14(12(3)21-18-13)15(20)17-7-8-19/h4-6,9,19H,7-8H2,1-3H3,(H,17,20)/b5-4-,10-9+,11-6+. The van der Waals surface area contributed by atoms with Gasteiger partial charge in [0, 0.05) is 11.6 Å². The van der Waals surface area contributed by atoms with Gasteiger partial charge in [0.05, 0.1) is 6.61 Å². The van der Waals surface area contributed by atoms with Gasteiger partial charge >= 0.3 is 0 Å². The predicted molar refractivity (Wildman–Crippen MR) is 83.1 cm³/mol. The highest BCUT2D eigenvalue weighted by molar-refractivity contribution is 6.29. The first-order valence-corrected chi connectivity index (χ1v) is 6.87. The Bertz CT molecular complexity index is 582. The number of hydrogen-bond acceptors (Lipinski definition) is 4. The van der Waals surface area contributed by atoms with Crippen molar-refractivity contribution in [2.45, 2.75) is 20.8 Å². The second-order valence-corrected chi connectivity index (χ2v) is 5.08. The lowest BCUT2D eigenvalue weighted by molar-refractivity contribution is 0.0943. The van der Waals surface area contributed by atoms with Crippen molar-refractivity contribution in [1.82, 2.24) is 10.5 Å². The molecule has 0 atom stereocenters. The molecule has 0 bridgehead atoms. The summed E-state index contributed by atoms with van der Waals surface area (Å²) in [7, 11) is 0. The van der Waals surface area contributed by atoms with Gasteiger partial charge in [-0.05, 0) is 38.5 Å². The van der Waals surface area contributed by atoms with Gasteiger partial charge in [0.15, 0.2) is 0 Å². The summed E-state index contributed by atoms with van der Waals surface area (Å²) in [6.45, 7) is 5.41. The molecule has 0 spiro atoms. The molecule has 6 heteroatoms. The van der Waals surface area contributed by atoms with Gasteiger partial charge in [0.1, 0.15) is 17.0 Å². The lowest BCUT2D eigenvalue weighted by atomic mass is 10.1. The van der Waals surface area contributed by atoms with E-state index >= 15 is 0 Å². The monoisotopic (exact) mass is 310 g/mol. The van der Waals surface area contributed by atoms with Crippen LogP contribution in [0.4, 0.5) is 0 Å². The van der Waals surface area contributed by atoms with E-state index in [1.807, 2.05) is 19.1 Å². The first-order valence-electron chi connectivity index (χ1n) is 6.49. The van der Waals surface area contributed by atoms with Crippen molar-refractivity contribution >= 4 is 23.6 Å². The largest absolute Gasteiger partial charge is 0.395 e. The van der Waals surface area contributed by atoms with Crippen LogP contribution in [0.3, 0.4) is 0 Å². The highest BCUT2D eigenvalue weighted by atomic mass is 35.5. The van der Waals surface area contributed by atoms with Crippen LogP contribution in [0, 0.1) is 6.92 Å². The van der Waals surface area contributed by atoms with E-state index in [4.69, 9.17) is 21.2 Å². The van der Waals surface area contributed by atoms with Gasteiger partial charge in [-0.3, -0.25) is 4.79 Å². The van der Waals surface area contributed by atoms with Crippen molar-refractivity contribution in [3.05, 3.63) is 45.9 Å². The number of carbonyl (C=O) groups excluding carboxylic acids is 1.